The molecule has 5 nitrogen and oxygen atoms in total. The fourth-order valence-electron chi connectivity index (χ4n) is 3.14. The third-order valence-corrected chi connectivity index (χ3v) is 5.33. The first kappa shape index (κ1) is 20.1. The van der Waals surface area contributed by atoms with Crippen molar-refractivity contribution < 1.29 is 18.3 Å². The standard InChI is InChI=1S/C21H17BrClFN2O3/c22-13-3-6-19-12(8-13)9-16(20(27)25-11-15-2-1-7-28-15)21(29-19)26-18-5-4-14(23)10-17(18)24/h3-6,8-10,15H,1-2,7,11H2,(H,25,27)/t15-/m1/s1. The molecular weight excluding hydrogens is 463 g/mol. The molecule has 1 atom stereocenters. The molecule has 4 rings (SSSR count). The fraction of sp³-hybridized carbons (Fsp3) is 0.238. The third-order valence-electron chi connectivity index (χ3n) is 4.60. The van der Waals surface area contributed by atoms with Crippen LogP contribution in [0.25, 0.3) is 11.0 Å². The minimum absolute atomic E-state index is 0.000381. The van der Waals surface area contributed by atoms with Crippen molar-refractivity contribution in [3.8, 4) is 0 Å². The van der Waals surface area contributed by atoms with Crippen molar-refractivity contribution in [2.24, 2.45) is 4.99 Å². The molecule has 3 aromatic rings. The molecular formula is C21H17BrClFN2O3. The van der Waals surface area contributed by atoms with Gasteiger partial charge in [-0.2, -0.15) is 0 Å². The number of carbonyl (C=O) groups excluding carboxylic acids is 1. The van der Waals surface area contributed by atoms with E-state index < -0.39 is 5.82 Å². The van der Waals surface area contributed by atoms with Gasteiger partial charge in [0, 0.05) is 28.0 Å². The number of amides is 1. The smallest absolute Gasteiger partial charge is 0.256 e. The molecule has 1 N–H and O–H groups in total. The van der Waals surface area contributed by atoms with Gasteiger partial charge in [0.1, 0.15) is 22.7 Å². The van der Waals surface area contributed by atoms with E-state index in [1.807, 2.05) is 12.1 Å². The van der Waals surface area contributed by atoms with Crippen LogP contribution in [0.5, 0.6) is 0 Å². The molecule has 1 saturated heterocycles. The molecule has 0 spiro atoms. The number of nitrogens with zero attached hydrogens (tertiary/aromatic N) is 1. The summed E-state index contributed by atoms with van der Waals surface area (Å²) in [5.74, 6) is -0.964. The first-order chi connectivity index (χ1) is 14.0. The molecule has 0 saturated carbocycles. The van der Waals surface area contributed by atoms with Crippen LogP contribution in [-0.4, -0.2) is 25.2 Å². The van der Waals surface area contributed by atoms with Gasteiger partial charge in [-0.25, -0.2) is 9.38 Å². The Labute approximate surface area is 179 Å². The van der Waals surface area contributed by atoms with Gasteiger partial charge in [-0.05, 0) is 55.3 Å². The molecule has 2 aromatic carbocycles. The van der Waals surface area contributed by atoms with Gasteiger partial charge in [-0.15, -0.1) is 0 Å². The lowest BCUT2D eigenvalue weighted by molar-refractivity contribution is 0.0854. The van der Waals surface area contributed by atoms with Crippen molar-refractivity contribution in [1.29, 1.82) is 0 Å². The van der Waals surface area contributed by atoms with E-state index in [9.17, 15) is 9.18 Å². The van der Waals surface area contributed by atoms with Crippen LogP contribution >= 0.6 is 27.5 Å². The van der Waals surface area contributed by atoms with Crippen molar-refractivity contribution in [2.75, 3.05) is 13.2 Å². The first-order valence-electron chi connectivity index (χ1n) is 9.12. The van der Waals surface area contributed by atoms with Crippen LogP contribution < -0.4 is 10.9 Å². The van der Waals surface area contributed by atoms with E-state index in [1.54, 1.807) is 12.1 Å². The Morgan fingerprint density at radius 1 is 1.28 bits per heavy atom. The normalized spacial score (nSPS) is 17.1. The molecule has 29 heavy (non-hydrogen) atoms. The summed E-state index contributed by atoms with van der Waals surface area (Å²) in [6, 6.07) is 11.2. The minimum Gasteiger partial charge on any atom is -0.438 e. The lowest BCUT2D eigenvalue weighted by Gasteiger charge is -2.11. The average Bonchev–Trinajstić information content (AvgIpc) is 3.21. The lowest BCUT2D eigenvalue weighted by atomic mass is 10.1. The highest BCUT2D eigenvalue weighted by atomic mass is 79.9. The van der Waals surface area contributed by atoms with E-state index in [0.717, 1.165) is 28.8 Å². The maximum atomic E-state index is 14.2. The number of hydrogen-bond donors (Lipinski definition) is 1. The number of rotatable bonds is 4. The number of fused-ring (bicyclic) bond motifs is 1. The van der Waals surface area contributed by atoms with Gasteiger partial charge in [-0.1, -0.05) is 27.5 Å². The number of nitrogens with one attached hydrogen (secondary N) is 1. The van der Waals surface area contributed by atoms with Gasteiger partial charge in [0.15, 0.2) is 0 Å². The zero-order valence-electron chi connectivity index (χ0n) is 15.3. The quantitative estimate of drug-likeness (QED) is 0.564. The van der Waals surface area contributed by atoms with Gasteiger partial charge in [0.05, 0.1) is 6.10 Å². The largest absolute Gasteiger partial charge is 0.438 e. The first-order valence-corrected chi connectivity index (χ1v) is 10.3. The molecule has 1 aliphatic rings. The van der Waals surface area contributed by atoms with Crippen molar-refractivity contribution in [3.63, 3.8) is 0 Å². The van der Waals surface area contributed by atoms with E-state index >= 15 is 0 Å². The van der Waals surface area contributed by atoms with Crippen molar-refractivity contribution in [3.05, 3.63) is 68.9 Å². The number of benzene rings is 2. The van der Waals surface area contributed by atoms with Gasteiger partial charge in [0.2, 0.25) is 5.55 Å². The molecule has 1 amide bonds. The second-order valence-electron chi connectivity index (χ2n) is 6.70. The van der Waals surface area contributed by atoms with Crippen molar-refractivity contribution >= 4 is 50.1 Å². The van der Waals surface area contributed by atoms with Crippen LogP contribution in [0.4, 0.5) is 10.1 Å². The molecule has 1 fully saturated rings. The number of hydrogen-bond acceptors (Lipinski definition) is 4. The molecule has 0 aliphatic carbocycles. The summed E-state index contributed by atoms with van der Waals surface area (Å²) in [5, 5.41) is 3.84. The summed E-state index contributed by atoms with van der Waals surface area (Å²) in [6.07, 6.45) is 1.89. The molecule has 8 heteroatoms. The fourth-order valence-corrected chi connectivity index (χ4v) is 3.67. The zero-order chi connectivity index (χ0) is 20.4. The summed E-state index contributed by atoms with van der Waals surface area (Å²) < 4.78 is 26.5. The molecule has 1 aliphatic heterocycles. The van der Waals surface area contributed by atoms with Crippen LogP contribution in [-0.2, 0) is 4.74 Å². The highest BCUT2D eigenvalue weighted by Crippen LogP contribution is 2.23. The van der Waals surface area contributed by atoms with Gasteiger partial charge < -0.3 is 14.5 Å². The summed E-state index contributed by atoms with van der Waals surface area (Å²) in [5.41, 5.74) is 0.786. The monoisotopic (exact) mass is 478 g/mol. The summed E-state index contributed by atoms with van der Waals surface area (Å²) in [4.78, 5) is 17.1. The molecule has 0 unspecified atom stereocenters. The third kappa shape index (κ3) is 4.69. The van der Waals surface area contributed by atoms with Crippen LogP contribution in [0.15, 0.2) is 56.3 Å². The second-order valence-corrected chi connectivity index (χ2v) is 8.05. The number of halogens is 3. The van der Waals surface area contributed by atoms with Crippen molar-refractivity contribution in [1.82, 2.24) is 5.32 Å². The zero-order valence-corrected chi connectivity index (χ0v) is 17.6. The Balaban J connectivity index is 1.78. The Hall–Kier alpha value is -2.22. The molecule has 2 heterocycles. The predicted molar refractivity (Wildman–Crippen MR) is 112 cm³/mol. The maximum absolute atomic E-state index is 14.2. The summed E-state index contributed by atoms with van der Waals surface area (Å²) >= 11 is 9.23. The molecule has 0 bridgehead atoms. The topological polar surface area (TPSA) is 63.8 Å². The van der Waals surface area contributed by atoms with Gasteiger partial charge in [-0.3, -0.25) is 4.79 Å². The average molecular weight is 480 g/mol. The minimum atomic E-state index is -0.602. The van der Waals surface area contributed by atoms with Crippen LogP contribution in [0.3, 0.4) is 0 Å². The predicted octanol–water partition coefficient (Wildman–Crippen LogP) is 5.13. The molecule has 1 aromatic heterocycles. The van der Waals surface area contributed by atoms with Gasteiger partial charge >= 0.3 is 0 Å². The van der Waals surface area contributed by atoms with E-state index in [2.05, 4.69) is 26.2 Å². The van der Waals surface area contributed by atoms with Crippen LogP contribution in [0.2, 0.25) is 5.02 Å². The summed E-state index contributed by atoms with van der Waals surface area (Å²) in [6.45, 7) is 1.10. The van der Waals surface area contributed by atoms with Crippen LogP contribution in [0, 0.1) is 5.82 Å². The van der Waals surface area contributed by atoms with Crippen molar-refractivity contribution in [2.45, 2.75) is 18.9 Å². The number of ether oxygens (including phenoxy) is 1. The highest BCUT2D eigenvalue weighted by molar-refractivity contribution is 9.10. The summed E-state index contributed by atoms with van der Waals surface area (Å²) in [7, 11) is 0. The van der Waals surface area contributed by atoms with E-state index in [-0.39, 0.29) is 33.8 Å². The van der Waals surface area contributed by atoms with Gasteiger partial charge in [0.25, 0.3) is 5.91 Å². The lowest BCUT2D eigenvalue weighted by Crippen LogP contribution is -2.34. The van der Waals surface area contributed by atoms with E-state index in [1.165, 1.54) is 12.1 Å². The van der Waals surface area contributed by atoms with Crippen LogP contribution in [0.1, 0.15) is 23.2 Å². The molecule has 150 valence electrons. The SMILES string of the molecule is O=C(NC[C@H]1CCCO1)c1cc2cc(Br)ccc2oc1=Nc1ccc(Cl)cc1F. The highest BCUT2D eigenvalue weighted by Gasteiger charge is 2.19. The van der Waals surface area contributed by atoms with E-state index in [4.69, 9.17) is 20.8 Å². The maximum Gasteiger partial charge on any atom is 0.256 e. The Bertz CT molecular complexity index is 1140. The van der Waals surface area contributed by atoms with E-state index in [0.29, 0.717) is 18.7 Å². The second kappa shape index (κ2) is 8.65. The number of carbonyl (C=O) groups is 1. The molecule has 0 radical (unpaired) electrons. The Kier molecular flexibility index (Phi) is 5.99. The Morgan fingerprint density at radius 3 is 2.90 bits per heavy atom. The Morgan fingerprint density at radius 2 is 2.14 bits per heavy atom.